The zero-order chi connectivity index (χ0) is 27.1. The van der Waals surface area contributed by atoms with Crippen molar-refractivity contribution in [1.29, 1.82) is 0 Å². The number of carbonyl (C=O) groups excluding carboxylic acids is 2. The molecule has 0 bridgehead atoms. The Bertz CT molecular complexity index is 1240. The Morgan fingerprint density at radius 2 is 1.47 bits per heavy atom. The summed E-state index contributed by atoms with van der Waals surface area (Å²) in [6, 6.07) is 19.5. The van der Waals surface area contributed by atoms with Crippen molar-refractivity contribution < 1.29 is 9.59 Å². The second-order valence-corrected chi connectivity index (χ2v) is 11.3. The molecule has 0 radical (unpaired) electrons. The van der Waals surface area contributed by atoms with Crippen LogP contribution in [0.2, 0.25) is 20.1 Å². The predicted octanol–water partition coefficient (Wildman–Crippen LogP) is 7.93. The van der Waals surface area contributed by atoms with Crippen LogP contribution in [0.5, 0.6) is 0 Å². The van der Waals surface area contributed by atoms with Gasteiger partial charge in [0.15, 0.2) is 0 Å². The van der Waals surface area contributed by atoms with Gasteiger partial charge in [0.2, 0.25) is 11.8 Å². The van der Waals surface area contributed by atoms with Crippen molar-refractivity contribution in [2.75, 3.05) is 0 Å². The van der Waals surface area contributed by atoms with Crippen molar-refractivity contribution >= 4 is 58.2 Å². The molecule has 0 saturated heterocycles. The molecule has 0 heterocycles. The molecule has 1 aliphatic carbocycles. The Labute approximate surface area is 244 Å². The van der Waals surface area contributed by atoms with Crippen molar-refractivity contribution in [3.63, 3.8) is 0 Å². The molecule has 0 aliphatic heterocycles. The lowest BCUT2D eigenvalue weighted by Gasteiger charge is -2.33. The summed E-state index contributed by atoms with van der Waals surface area (Å²) in [5.74, 6) is -0.426. The maximum atomic E-state index is 14.0. The molecule has 1 atom stereocenters. The molecule has 1 fully saturated rings. The largest absolute Gasteiger partial charge is 0.352 e. The minimum atomic E-state index is -0.748. The van der Waals surface area contributed by atoms with Crippen LogP contribution < -0.4 is 5.32 Å². The topological polar surface area (TPSA) is 49.4 Å². The van der Waals surface area contributed by atoms with Crippen molar-refractivity contribution in [2.24, 2.45) is 0 Å². The van der Waals surface area contributed by atoms with E-state index in [1.807, 2.05) is 36.4 Å². The fraction of sp³-hybridized carbons (Fsp3) is 0.333. The summed E-state index contributed by atoms with van der Waals surface area (Å²) in [5, 5.41) is 4.86. The molecule has 3 aromatic rings. The number of halogens is 4. The van der Waals surface area contributed by atoms with Gasteiger partial charge >= 0.3 is 0 Å². The molecule has 0 aromatic heterocycles. The zero-order valence-electron chi connectivity index (χ0n) is 20.9. The molecular formula is C30H30Cl4N2O2. The molecule has 1 aliphatic rings. The van der Waals surface area contributed by atoms with Gasteiger partial charge in [-0.2, -0.15) is 0 Å². The summed E-state index contributed by atoms with van der Waals surface area (Å²) < 4.78 is 0. The third-order valence-corrected chi connectivity index (χ3v) is 8.40. The second-order valence-electron chi connectivity index (χ2n) is 9.70. The van der Waals surface area contributed by atoms with Gasteiger partial charge in [-0.25, -0.2) is 0 Å². The number of hydrogen-bond donors (Lipinski definition) is 1. The van der Waals surface area contributed by atoms with Crippen molar-refractivity contribution in [3.05, 3.63) is 104 Å². The summed E-state index contributed by atoms with van der Waals surface area (Å²) in [5.41, 5.74) is 2.26. The quantitative estimate of drug-likeness (QED) is 0.275. The molecule has 0 spiro atoms. The summed E-state index contributed by atoms with van der Waals surface area (Å²) >= 11 is 25.3. The zero-order valence-corrected chi connectivity index (χ0v) is 24.0. The first-order valence-electron chi connectivity index (χ1n) is 12.8. The first kappa shape index (κ1) is 28.8. The average Bonchev–Trinajstić information content (AvgIpc) is 2.91. The monoisotopic (exact) mass is 590 g/mol. The lowest BCUT2D eigenvalue weighted by molar-refractivity contribution is -0.141. The highest BCUT2D eigenvalue weighted by atomic mass is 35.5. The van der Waals surface area contributed by atoms with Gasteiger partial charge in [0, 0.05) is 29.1 Å². The van der Waals surface area contributed by atoms with Crippen molar-refractivity contribution in [2.45, 2.75) is 63.6 Å². The maximum absolute atomic E-state index is 14.0. The Morgan fingerprint density at radius 1 is 0.789 bits per heavy atom. The minimum absolute atomic E-state index is 0.0399. The molecule has 2 amide bonds. The summed E-state index contributed by atoms with van der Waals surface area (Å²) in [6.45, 7) is 0.174. The van der Waals surface area contributed by atoms with Crippen LogP contribution in [-0.2, 0) is 29.0 Å². The summed E-state index contributed by atoms with van der Waals surface area (Å²) in [4.78, 5) is 29.4. The lowest BCUT2D eigenvalue weighted by atomic mass is 9.94. The standard InChI is InChI=1S/C30H30Cl4N2O2/c31-24-12-7-13-25(32)23(24)18-29(37)36(19-21-14-15-26(33)27(34)16-21)28(17-20-8-3-1-4-9-20)30(38)35-22-10-5-2-6-11-22/h1,3-4,7-9,12-16,22,28H,2,5-6,10-11,17-19H2,(H,35,38)/t28-/m0/s1. The highest BCUT2D eigenvalue weighted by Gasteiger charge is 2.32. The lowest BCUT2D eigenvalue weighted by Crippen LogP contribution is -2.53. The van der Waals surface area contributed by atoms with E-state index in [0.717, 1.165) is 36.8 Å². The van der Waals surface area contributed by atoms with E-state index in [9.17, 15) is 9.59 Å². The number of nitrogens with zero attached hydrogens (tertiary/aromatic N) is 1. The summed E-state index contributed by atoms with van der Waals surface area (Å²) in [6.07, 6.45) is 5.57. The van der Waals surface area contributed by atoms with E-state index >= 15 is 0 Å². The van der Waals surface area contributed by atoms with E-state index in [-0.39, 0.29) is 30.8 Å². The van der Waals surface area contributed by atoms with Crippen LogP contribution in [0.25, 0.3) is 0 Å². The van der Waals surface area contributed by atoms with E-state index in [4.69, 9.17) is 46.4 Å². The fourth-order valence-electron chi connectivity index (χ4n) is 4.89. The van der Waals surface area contributed by atoms with E-state index in [0.29, 0.717) is 32.1 Å². The van der Waals surface area contributed by atoms with E-state index in [1.165, 1.54) is 6.42 Å². The molecule has 4 rings (SSSR count). The molecule has 0 unspecified atom stereocenters. The number of rotatable bonds is 9. The van der Waals surface area contributed by atoms with Crippen molar-refractivity contribution in [3.8, 4) is 0 Å². The van der Waals surface area contributed by atoms with Crippen LogP contribution in [0.3, 0.4) is 0 Å². The molecule has 8 heteroatoms. The highest BCUT2D eigenvalue weighted by Crippen LogP contribution is 2.28. The van der Waals surface area contributed by atoms with Crippen LogP contribution in [-0.4, -0.2) is 28.8 Å². The smallest absolute Gasteiger partial charge is 0.243 e. The number of carbonyl (C=O) groups is 2. The minimum Gasteiger partial charge on any atom is -0.352 e. The van der Waals surface area contributed by atoms with E-state index in [1.54, 1.807) is 35.2 Å². The van der Waals surface area contributed by atoms with Crippen LogP contribution >= 0.6 is 46.4 Å². The first-order chi connectivity index (χ1) is 18.3. The molecule has 1 saturated carbocycles. The van der Waals surface area contributed by atoms with Gasteiger partial charge in [0.05, 0.1) is 16.5 Å². The van der Waals surface area contributed by atoms with Crippen LogP contribution in [0.15, 0.2) is 66.7 Å². The maximum Gasteiger partial charge on any atom is 0.243 e. The first-order valence-corrected chi connectivity index (χ1v) is 14.3. The predicted molar refractivity (Wildman–Crippen MR) is 156 cm³/mol. The molecule has 200 valence electrons. The van der Waals surface area contributed by atoms with Gasteiger partial charge in [0.25, 0.3) is 0 Å². The molecular weight excluding hydrogens is 562 g/mol. The Balaban J connectivity index is 1.70. The van der Waals surface area contributed by atoms with Crippen molar-refractivity contribution in [1.82, 2.24) is 10.2 Å². The van der Waals surface area contributed by atoms with Gasteiger partial charge in [0.1, 0.15) is 6.04 Å². The van der Waals surface area contributed by atoms with E-state index < -0.39 is 6.04 Å². The molecule has 3 aromatic carbocycles. The molecule has 38 heavy (non-hydrogen) atoms. The third kappa shape index (κ3) is 7.66. The average molecular weight is 592 g/mol. The van der Waals surface area contributed by atoms with Crippen LogP contribution in [0.4, 0.5) is 0 Å². The normalized spacial score (nSPS) is 14.6. The Morgan fingerprint density at radius 3 is 2.13 bits per heavy atom. The van der Waals surface area contributed by atoms with Gasteiger partial charge in [-0.05, 0) is 53.8 Å². The van der Waals surface area contributed by atoms with Gasteiger partial charge in [-0.1, -0.05) is 108 Å². The SMILES string of the molecule is O=C(NC1CCCCC1)[C@H](Cc1ccccc1)N(Cc1ccc(Cl)c(Cl)c1)C(=O)Cc1c(Cl)cccc1Cl. The van der Waals surface area contributed by atoms with Crippen LogP contribution in [0, 0.1) is 0 Å². The van der Waals surface area contributed by atoms with E-state index in [2.05, 4.69) is 5.32 Å². The summed E-state index contributed by atoms with van der Waals surface area (Å²) in [7, 11) is 0. The molecule has 1 N–H and O–H groups in total. The fourth-order valence-corrected chi connectivity index (χ4v) is 5.74. The van der Waals surface area contributed by atoms with Crippen LogP contribution in [0.1, 0.15) is 48.8 Å². The third-order valence-electron chi connectivity index (χ3n) is 6.95. The van der Waals surface area contributed by atoms with Gasteiger partial charge in [-0.3, -0.25) is 9.59 Å². The second kappa shape index (κ2) is 13.7. The van der Waals surface area contributed by atoms with Gasteiger partial charge in [-0.15, -0.1) is 0 Å². The Kier molecular flexibility index (Phi) is 10.4. The Hall–Kier alpha value is -2.24. The van der Waals surface area contributed by atoms with Gasteiger partial charge < -0.3 is 10.2 Å². The number of benzene rings is 3. The number of hydrogen-bond acceptors (Lipinski definition) is 2. The number of nitrogens with one attached hydrogen (secondary N) is 1. The highest BCUT2D eigenvalue weighted by molar-refractivity contribution is 6.42. The molecule has 4 nitrogen and oxygen atoms in total. The number of amides is 2.